The molecule has 5 heteroatoms. The van der Waals surface area contributed by atoms with Crippen molar-refractivity contribution in [3.63, 3.8) is 0 Å². The lowest BCUT2D eigenvalue weighted by atomic mass is 9.98. The highest BCUT2D eigenvalue weighted by molar-refractivity contribution is 7.14. The zero-order valence-electron chi connectivity index (χ0n) is 9.62. The van der Waals surface area contributed by atoms with E-state index >= 15 is 0 Å². The van der Waals surface area contributed by atoms with Crippen molar-refractivity contribution < 1.29 is 14.3 Å². The lowest BCUT2D eigenvalue weighted by Crippen LogP contribution is -2.31. The Kier molecular flexibility index (Phi) is 2.67. The van der Waals surface area contributed by atoms with Crippen molar-refractivity contribution in [3.05, 3.63) is 15.3 Å². The summed E-state index contributed by atoms with van der Waals surface area (Å²) >= 11 is 1.42. The molecule has 4 nitrogen and oxygen atoms in total. The van der Waals surface area contributed by atoms with Crippen molar-refractivity contribution in [1.82, 2.24) is 0 Å². The highest BCUT2D eigenvalue weighted by Crippen LogP contribution is 2.39. The third kappa shape index (κ3) is 1.81. The van der Waals surface area contributed by atoms with Crippen molar-refractivity contribution in [2.24, 2.45) is 0 Å². The van der Waals surface area contributed by atoms with Crippen LogP contribution in [0.1, 0.15) is 34.0 Å². The average molecular weight is 241 g/mol. The molecule has 1 aliphatic rings. The molecule has 1 aliphatic heterocycles. The number of anilines is 1. The number of thiophene rings is 1. The molecule has 0 saturated heterocycles. The Bertz CT molecular complexity index is 437. The van der Waals surface area contributed by atoms with Gasteiger partial charge in [-0.1, -0.05) is 0 Å². The lowest BCUT2D eigenvalue weighted by Gasteiger charge is -2.29. The largest absolute Gasteiger partial charge is 0.465 e. The Balaban J connectivity index is 2.41. The van der Waals surface area contributed by atoms with Crippen LogP contribution >= 0.6 is 11.3 Å². The molecule has 0 saturated carbocycles. The van der Waals surface area contributed by atoms with Crippen molar-refractivity contribution >= 4 is 23.0 Å². The monoisotopic (exact) mass is 241 g/mol. The standard InChI is InChI=1S/C11H15NO3S/c1-11(2)4-7-6(5-15-11)8(12)9(16-7)10(13)14-3/h4-5,12H2,1-3H3. The van der Waals surface area contributed by atoms with Crippen molar-refractivity contribution in [3.8, 4) is 0 Å². The summed E-state index contributed by atoms with van der Waals surface area (Å²) in [6.45, 7) is 4.54. The van der Waals surface area contributed by atoms with E-state index in [4.69, 9.17) is 15.2 Å². The van der Waals surface area contributed by atoms with Crippen molar-refractivity contribution in [2.45, 2.75) is 32.5 Å². The Labute approximate surface area is 98.3 Å². The topological polar surface area (TPSA) is 61.5 Å². The van der Waals surface area contributed by atoms with Gasteiger partial charge >= 0.3 is 5.97 Å². The van der Waals surface area contributed by atoms with Crippen molar-refractivity contribution in [2.75, 3.05) is 12.8 Å². The molecule has 88 valence electrons. The van der Waals surface area contributed by atoms with Crippen LogP contribution in [0.4, 0.5) is 5.69 Å². The van der Waals surface area contributed by atoms with E-state index in [1.807, 2.05) is 13.8 Å². The van der Waals surface area contributed by atoms with E-state index in [9.17, 15) is 4.79 Å². The molecule has 0 aliphatic carbocycles. The number of rotatable bonds is 1. The van der Waals surface area contributed by atoms with Gasteiger partial charge in [-0.05, 0) is 13.8 Å². The van der Waals surface area contributed by atoms with E-state index in [2.05, 4.69) is 0 Å². The minimum atomic E-state index is -0.366. The van der Waals surface area contributed by atoms with Gasteiger partial charge in [-0.15, -0.1) is 11.3 Å². The second kappa shape index (κ2) is 3.75. The molecule has 0 amide bonds. The maximum absolute atomic E-state index is 11.5. The van der Waals surface area contributed by atoms with Crippen LogP contribution in [0.2, 0.25) is 0 Å². The van der Waals surface area contributed by atoms with E-state index < -0.39 is 0 Å². The molecule has 2 N–H and O–H groups in total. The van der Waals surface area contributed by atoms with Gasteiger partial charge in [-0.2, -0.15) is 0 Å². The number of fused-ring (bicyclic) bond motifs is 1. The number of methoxy groups -OCH3 is 1. The molecular formula is C11H15NO3S. The summed E-state index contributed by atoms with van der Waals surface area (Å²) in [7, 11) is 1.36. The number of esters is 1. The van der Waals surface area contributed by atoms with E-state index in [-0.39, 0.29) is 11.6 Å². The van der Waals surface area contributed by atoms with E-state index in [0.717, 1.165) is 16.9 Å². The van der Waals surface area contributed by atoms with Crippen LogP contribution in [0.5, 0.6) is 0 Å². The second-order valence-electron chi connectivity index (χ2n) is 4.46. The molecule has 1 aromatic heterocycles. The first kappa shape index (κ1) is 11.4. The molecule has 1 aromatic rings. The van der Waals surface area contributed by atoms with Gasteiger partial charge in [0.15, 0.2) is 0 Å². The zero-order chi connectivity index (χ0) is 11.9. The molecule has 0 aromatic carbocycles. The van der Waals surface area contributed by atoms with Crippen LogP contribution in [-0.4, -0.2) is 18.7 Å². The molecule has 16 heavy (non-hydrogen) atoms. The fourth-order valence-electron chi connectivity index (χ4n) is 1.78. The van der Waals surface area contributed by atoms with E-state index in [1.165, 1.54) is 18.4 Å². The quantitative estimate of drug-likeness (QED) is 0.764. The van der Waals surface area contributed by atoms with Crippen molar-refractivity contribution in [1.29, 1.82) is 0 Å². The van der Waals surface area contributed by atoms with E-state index in [1.54, 1.807) is 0 Å². The Morgan fingerprint density at radius 1 is 1.56 bits per heavy atom. The molecule has 2 heterocycles. The summed E-state index contributed by atoms with van der Waals surface area (Å²) in [5.41, 5.74) is 7.20. The molecule has 0 unspecified atom stereocenters. The highest BCUT2D eigenvalue weighted by atomic mass is 32.1. The predicted octanol–water partition coefficient (Wildman–Crippen LogP) is 1.97. The van der Waals surface area contributed by atoms with Gasteiger partial charge in [-0.3, -0.25) is 0 Å². The van der Waals surface area contributed by atoms with Crippen LogP contribution in [-0.2, 0) is 22.5 Å². The van der Waals surface area contributed by atoms with Crippen LogP contribution in [0.25, 0.3) is 0 Å². The number of nitrogen functional groups attached to an aromatic ring is 1. The second-order valence-corrected chi connectivity index (χ2v) is 5.57. The maximum Gasteiger partial charge on any atom is 0.350 e. The number of hydrogen-bond donors (Lipinski definition) is 1. The van der Waals surface area contributed by atoms with Gasteiger partial charge in [0.05, 0.1) is 25.0 Å². The predicted molar refractivity (Wildman–Crippen MR) is 62.6 cm³/mol. The first-order valence-corrected chi connectivity index (χ1v) is 5.88. The lowest BCUT2D eigenvalue weighted by molar-refractivity contribution is -0.0385. The molecule has 0 radical (unpaired) electrons. The normalized spacial score (nSPS) is 17.9. The Morgan fingerprint density at radius 3 is 2.88 bits per heavy atom. The third-order valence-electron chi connectivity index (χ3n) is 2.70. The van der Waals surface area contributed by atoms with Crippen LogP contribution in [0, 0.1) is 0 Å². The number of hydrogen-bond acceptors (Lipinski definition) is 5. The summed E-state index contributed by atoms with van der Waals surface area (Å²) < 4.78 is 10.4. The fourth-order valence-corrected chi connectivity index (χ4v) is 3.14. The molecule has 0 spiro atoms. The van der Waals surface area contributed by atoms with Gasteiger partial charge in [0.25, 0.3) is 0 Å². The van der Waals surface area contributed by atoms with Gasteiger partial charge in [0.2, 0.25) is 0 Å². The van der Waals surface area contributed by atoms with Gasteiger partial charge in [-0.25, -0.2) is 4.79 Å². The number of nitrogens with two attached hydrogens (primary N) is 1. The SMILES string of the molecule is COC(=O)c1sc2c(c1N)COC(C)(C)C2. The van der Waals surface area contributed by atoms with Gasteiger partial charge in [0, 0.05) is 16.9 Å². The molecular weight excluding hydrogens is 226 g/mol. The molecule has 0 fully saturated rings. The first-order chi connectivity index (χ1) is 7.44. The molecule has 0 atom stereocenters. The smallest absolute Gasteiger partial charge is 0.350 e. The van der Waals surface area contributed by atoms with Gasteiger partial charge in [0.1, 0.15) is 4.88 Å². The summed E-state index contributed by atoms with van der Waals surface area (Å²) in [6, 6.07) is 0. The fraction of sp³-hybridized carbons (Fsp3) is 0.545. The van der Waals surface area contributed by atoms with Crippen LogP contribution in [0.15, 0.2) is 0 Å². The van der Waals surface area contributed by atoms with E-state index in [0.29, 0.717) is 17.2 Å². The van der Waals surface area contributed by atoms with Crippen LogP contribution < -0.4 is 5.73 Å². The molecule has 2 rings (SSSR count). The Hall–Kier alpha value is -1.07. The number of ether oxygens (including phenoxy) is 2. The summed E-state index contributed by atoms with van der Waals surface area (Å²) in [5.74, 6) is -0.366. The maximum atomic E-state index is 11.5. The number of carbonyl (C=O) groups excluding carboxylic acids is 1. The number of carbonyl (C=O) groups is 1. The summed E-state index contributed by atoms with van der Waals surface area (Å²) in [4.78, 5) is 13.1. The minimum Gasteiger partial charge on any atom is -0.465 e. The molecule has 0 bridgehead atoms. The summed E-state index contributed by atoms with van der Waals surface area (Å²) in [5, 5.41) is 0. The highest BCUT2D eigenvalue weighted by Gasteiger charge is 2.31. The first-order valence-electron chi connectivity index (χ1n) is 5.07. The zero-order valence-corrected chi connectivity index (χ0v) is 10.4. The van der Waals surface area contributed by atoms with Gasteiger partial charge < -0.3 is 15.2 Å². The third-order valence-corrected chi connectivity index (χ3v) is 3.92. The Morgan fingerprint density at radius 2 is 2.25 bits per heavy atom. The minimum absolute atomic E-state index is 0.183. The summed E-state index contributed by atoms with van der Waals surface area (Å²) in [6.07, 6.45) is 0.786. The average Bonchev–Trinajstić information content (AvgIpc) is 2.52. The van der Waals surface area contributed by atoms with Crippen LogP contribution in [0.3, 0.4) is 0 Å².